The summed E-state index contributed by atoms with van der Waals surface area (Å²) in [5.41, 5.74) is -0.741. The van der Waals surface area contributed by atoms with Crippen molar-refractivity contribution in [2.24, 2.45) is 28.6 Å². The zero-order valence-corrected chi connectivity index (χ0v) is 33.3. The van der Waals surface area contributed by atoms with E-state index < -0.39 is 63.2 Å². The van der Waals surface area contributed by atoms with Gasteiger partial charge in [-0.3, -0.25) is 19.2 Å². The van der Waals surface area contributed by atoms with Crippen molar-refractivity contribution in [2.75, 3.05) is 26.7 Å². The maximum Gasteiger partial charge on any atom is 0.315 e. The second-order valence-electron chi connectivity index (χ2n) is 16.2. The summed E-state index contributed by atoms with van der Waals surface area (Å²) in [6, 6.07) is -0.795. The largest absolute Gasteiger partial charge is 0.346 e. The van der Waals surface area contributed by atoms with E-state index in [0.29, 0.717) is 13.0 Å². The molecule has 1 aromatic heterocycles. The number of Topliss-reactive ketones (excluding diaryl/α,β-unsaturated/α-hetero) is 1. The number of carbonyl (C=O) groups excluding carboxylic acids is 5. The molecular formula is C37H58N6O7S2. The Kier molecular flexibility index (Phi) is 13.4. The first-order chi connectivity index (χ1) is 24.4. The molecule has 52 heavy (non-hydrogen) atoms. The Morgan fingerprint density at radius 3 is 2.37 bits per heavy atom. The second kappa shape index (κ2) is 16.8. The van der Waals surface area contributed by atoms with Gasteiger partial charge >= 0.3 is 6.03 Å². The topological polar surface area (TPSA) is 174 Å². The molecule has 2 aliphatic carbocycles. The molecule has 1 aliphatic heterocycles. The highest BCUT2D eigenvalue weighted by Crippen LogP contribution is 2.65. The van der Waals surface area contributed by atoms with Gasteiger partial charge in [-0.1, -0.05) is 79.4 Å². The molecule has 0 radical (unpaired) electrons. The van der Waals surface area contributed by atoms with Crippen LogP contribution in [0.15, 0.2) is 34.4 Å². The van der Waals surface area contributed by atoms with Crippen molar-refractivity contribution in [1.29, 1.82) is 0 Å². The minimum Gasteiger partial charge on any atom is -0.346 e. The molecule has 290 valence electrons. The Hall–Kier alpha value is -3.30. The van der Waals surface area contributed by atoms with E-state index >= 15 is 0 Å². The average molecular weight is 763 g/mol. The van der Waals surface area contributed by atoms with Crippen LogP contribution in [0.5, 0.6) is 0 Å². The van der Waals surface area contributed by atoms with Gasteiger partial charge in [0.2, 0.25) is 17.6 Å². The predicted molar refractivity (Wildman–Crippen MR) is 201 cm³/mol. The molecule has 1 aromatic rings. The number of hydrogen-bond donors (Lipinski definition) is 4. The van der Waals surface area contributed by atoms with E-state index in [4.69, 9.17) is 0 Å². The van der Waals surface area contributed by atoms with Crippen LogP contribution in [-0.2, 0) is 29.2 Å². The number of sulfonamides is 1. The van der Waals surface area contributed by atoms with Gasteiger partial charge in [0.05, 0.1) is 6.04 Å². The monoisotopic (exact) mass is 762 g/mol. The van der Waals surface area contributed by atoms with Gasteiger partial charge in [-0.2, -0.15) is 4.31 Å². The molecule has 1 unspecified atom stereocenters. The number of unbranched alkanes of at least 4 members (excludes halogenated alkanes) is 1. The third kappa shape index (κ3) is 9.25. The minimum absolute atomic E-state index is 0.00946. The van der Waals surface area contributed by atoms with Crippen molar-refractivity contribution in [2.45, 2.75) is 115 Å². The summed E-state index contributed by atoms with van der Waals surface area (Å²) < 4.78 is 27.9. The van der Waals surface area contributed by atoms with E-state index in [1.807, 2.05) is 27.7 Å². The number of fused-ring (bicyclic) bond motifs is 1. The third-order valence-corrected chi connectivity index (χ3v) is 14.4. The Morgan fingerprint density at radius 1 is 1.12 bits per heavy atom. The smallest absolute Gasteiger partial charge is 0.315 e. The van der Waals surface area contributed by atoms with Gasteiger partial charge in [-0.05, 0) is 59.3 Å². The molecule has 3 fully saturated rings. The van der Waals surface area contributed by atoms with Crippen LogP contribution >= 0.6 is 11.3 Å². The molecule has 2 saturated carbocycles. The van der Waals surface area contributed by atoms with E-state index in [9.17, 15) is 32.4 Å². The molecule has 0 spiro atoms. The minimum atomic E-state index is -3.77. The lowest BCUT2D eigenvalue weighted by molar-refractivity contribution is -0.144. The van der Waals surface area contributed by atoms with Crippen LogP contribution in [0.3, 0.4) is 0 Å². The van der Waals surface area contributed by atoms with Crippen molar-refractivity contribution in [3.63, 3.8) is 0 Å². The summed E-state index contributed by atoms with van der Waals surface area (Å²) in [6.07, 6.45) is 6.41. The van der Waals surface area contributed by atoms with Gasteiger partial charge in [0.25, 0.3) is 15.9 Å². The van der Waals surface area contributed by atoms with Gasteiger partial charge in [-0.15, -0.1) is 17.9 Å². The molecule has 6 atom stereocenters. The summed E-state index contributed by atoms with van der Waals surface area (Å²) >= 11 is 1.12. The molecule has 5 amide bonds. The Bertz CT molecular complexity index is 1580. The maximum atomic E-state index is 14.6. The lowest BCUT2D eigenvalue weighted by Crippen LogP contribution is -2.61. The SMILES string of the molecule is C=CCNC(=O)C(=O)C(CCCC)NC(=O)[C@@H]1[C@@H]2[C@H](CN1C(=O)[C@@H](NC(=O)N[C@H](CN(C)S(=O)(=O)c1cccs1)C(C)(C)C)C1CCCC1)C2(C)C. The van der Waals surface area contributed by atoms with Crippen LogP contribution in [0.1, 0.15) is 86.5 Å². The fraction of sp³-hybridized carbons (Fsp3) is 0.703. The molecule has 4 rings (SSSR count). The summed E-state index contributed by atoms with van der Waals surface area (Å²) in [7, 11) is -2.28. The van der Waals surface area contributed by atoms with Crippen molar-refractivity contribution < 1.29 is 32.4 Å². The number of nitrogens with zero attached hydrogens (tertiary/aromatic N) is 2. The average Bonchev–Trinajstić information content (AvgIpc) is 3.73. The fourth-order valence-electron chi connectivity index (χ4n) is 7.80. The zero-order valence-electron chi connectivity index (χ0n) is 31.7. The first-order valence-electron chi connectivity index (χ1n) is 18.5. The molecule has 0 aromatic carbocycles. The van der Waals surface area contributed by atoms with Gasteiger partial charge in [-0.25, -0.2) is 13.2 Å². The quantitative estimate of drug-likeness (QED) is 0.138. The fourth-order valence-corrected chi connectivity index (χ4v) is 10.2. The lowest BCUT2D eigenvalue weighted by Gasteiger charge is -2.37. The molecule has 2 heterocycles. The summed E-state index contributed by atoms with van der Waals surface area (Å²) in [4.78, 5) is 69.8. The molecule has 15 heteroatoms. The van der Waals surface area contributed by atoms with Crippen LogP contribution < -0.4 is 21.3 Å². The summed E-state index contributed by atoms with van der Waals surface area (Å²) in [6.45, 7) is 15.8. The van der Waals surface area contributed by atoms with E-state index in [2.05, 4.69) is 41.7 Å². The van der Waals surface area contributed by atoms with E-state index in [1.165, 1.54) is 17.4 Å². The summed E-state index contributed by atoms with van der Waals surface area (Å²) in [5.74, 6) is -2.59. The van der Waals surface area contributed by atoms with Crippen LogP contribution in [0.25, 0.3) is 0 Å². The first-order valence-corrected chi connectivity index (χ1v) is 20.8. The number of nitrogens with one attached hydrogen (secondary N) is 4. The van der Waals surface area contributed by atoms with Crippen molar-refractivity contribution in [1.82, 2.24) is 30.5 Å². The number of rotatable bonds is 17. The number of likely N-dealkylation sites (tertiary alicyclic amines) is 1. The predicted octanol–water partition coefficient (Wildman–Crippen LogP) is 3.67. The third-order valence-electron chi connectivity index (χ3n) is 11.2. The van der Waals surface area contributed by atoms with Crippen molar-refractivity contribution in [3.05, 3.63) is 30.2 Å². The molecule has 1 saturated heterocycles. The Balaban J connectivity index is 1.54. The highest BCUT2D eigenvalue weighted by molar-refractivity contribution is 7.91. The van der Waals surface area contributed by atoms with Crippen LogP contribution in [0.4, 0.5) is 4.79 Å². The number of hydrogen-bond acceptors (Lipinski definition) is 8. The second-order valence-corrected chi connectivity index (χ2v) is 19.5. The zero-order chi connectivity index (χ0) is 38.6. The van der Waals surface area contributed by atoms with Gasteiger partial charge < -0.3 is 26.2 Å². The van der Waals surface area contributed by atoms with E-state index in [-0.39, 0.29) is 52.8 Å². The van der Waals surface area contributed by atoms with Crippen LogP contribution in [0, 0.1) is 28.6 Å². The Morgan fingerprint density at radius 2 is 1.79 bits per heavy atom. The number of amides is 5. The Labute approximate surface area is 313 Å². The number of ketones is 1. The number of urea groups is 1. The molecule has 0 bridgehead atoms. The van der Waals surface area contributed by atoms with Gasteiger partial charge in [0.1, 0.15) is 16.3 Å². The molecule has 4 N–H and O–H groups in total. The number of thiophene rings is 1. The van der Waals surface area contributed by atoms with Gasteiger partial charge in [0, 0.05) is 32.7 Å². The van der Waals surface area contributed by atoms with Gasteiger partial charge in [0.15, 0.2) is 0 Å². The normalized spacial score (nSPS) is 22.9. The highest BCUT2D eigenvalue weighted by atomic mass is 32.2. The highest BCUT2D eigenvalue weighted by Gasteiger charge is 2.69. The van der Waals surface area contributed by atoms with Crippen molar-refractivity contribution in [3.8, 4) is 0 Å². The number of piperidine rings is 1. The molecule has 13 nitrogen and oxygen atoms in total. The van der Waals surface area contributed by atoms with Crippen LogP contribution in [-0.4, -0.2) is 98.0 Å². The lowest BCUT2D eigenvalue weighted by atomic mass is 9.86. The van der Waals surface area contributed by atoms with Crippen LogP contribution in [0.2, 0.25) is 0 Å². The first kappa shape index (κ1) is 41.5. The number of likely N-dealkylation sites (N-methyl/N-ethyl adjacent to an activating group) is 1. The maximum absolute atomic E-state index is 14.6. The van der Waals surface area contributed by atoms with E-state index in [1.54, 1.807) is 22.4 Å². The van der Waals surface area contributed by atoms with Crippen molar-refractivity contribution >= 4 is 50.9 Å². The molecule has 3 aliphatic rings. The number of carbonyl (C=O) groups is 5. The standard InChI is InChI=1S/C37H58N6O7S2/c1-9-11-17-25(31(44)33(46)38-19-10-2)39-32(45)30-28-24(37(28,6)7)21-43(30)34(47)29(23-15-12-13-16-23)41-35(48)40-26(36(3,4)5)22-42(8)52(49,50)27-18-14-20-51-27/h10,14,18,20,23-26,28-30H,2,9,11-13,15-17,19,21-22H2,1,3-8H3,(H,38,46)(H,39,45)(H2,40,41,48)/t24-,25?,26+,28-,29-,30-/m0/s1. The summed E-state index contributed by atoms with van der Waals surface area (Å²) in [5, 5.41) is 13.0. The molecular weight excluding hydrogens is 705 g/mol. The van der Waals surface area contributed by atoms with E-state index in [0.717, 1.165) is 43.4 Å².